The Bertz CT molecular complexity index is 389. The van der Waals surface area contributed by atoms with Crippen molar-refractivity contribution < 1.29 is 24.1 Å². The number of benzene rings is 1. The first-order chi connectivity index (χ1) is 8.70. The number of para-hydroxylation sites is 1. The molecule has 1 aromatic carbocycles. The van der Waals surface area contributed by atoms with E-state index in [1.54, 1.807) is 19.2 Å². The SMILES string of the molecule is CCOc1cccc(C(=O)O)c1OCCCOC. The monoisotopic (exact) mass is 254 g/mol. The number of methoxy groups -OCH3 is 1. The minimum atomic E-state index is -1.03. The van der Waals surface area contributed by atoms with E-state index in [9.17, 15) is 4.79 Å². The van der Waals surface area contributed by atoms with Crippen LogP contribution in [0.25, 0.3) is 0 Å². The maximum absolute atomic E-state index is 11.1. The Morgan fingerprint density at radius 2 is 2.06 bits per heavy atom. The van der Waals surface area contributed by atoms with E-state index in [4.69, 9.17) is 19.3 Å². The summed E-state index contributed by atoms with van der Waals surface area (Å²) in [5.41, 5.74) is 0.110. The van der Waals surface area contributed by atoms with E-state index < -0.39 is 5.97 Å². The lowest BCUT2D eigenvalue weighted by molar-refractivity contribution is 0.0690. The second kappa shape index (κ2) is 7.55. The Hall–Kier alpha value is -1.75. The van der Waals surface area contributed by atoms with Crippen LogP contribution in [0.5, 0.6) is 11.5 Å². The van der Waals surface area contributed by atoms with Gasteiger partial charge in [-0.3, -0.25) is 0 Å². The van der Waals surface area contributed by atoms with E-state index >= 15 is 0 Å². The molecule has 0 aliphatic carbocycles. The Balaban J connectivity index is 2.85. The van der Waals surface area contributed by atoms with Crippen LogP contribution in [0.2, 0.25) is 0 Å². The average molecular weight is 254 g/mol. The summed E-state index contributed by atoms with van der Waals surface area (Å²) in [7, 11) is 1.61. The van der Waals surface area contributed by atoms with Crippen LogP contribution in [-0.4, -0.2) is 38.0 Å². The summed E-state index contributed by atoms with van der Waals surface area (Å²) < 4.78 is 15.8. The molecular weight excluding hydrogens is 236 g/mol. The van der Waals surface area contributed by atoms with Crippen molar-refractivity contribution in [2.24, 2.45) is 0 Å². The van der Waals surface area contributed by atoms with E-state index in [1.807, 2.05) is 6.92 Å². The molecule has 5 nitrogen and oxygen atoms in total. The van der Waals surface area contributed by atoms with Gasteiger partial charge < -0.3 is 19.3 Å². The van der Waals surface area contributed by atoms with E-state index in [-0.39, 0.29) is 11.3 Å². The van der Waals surface area contributed by atoms with Gasteiger partial charge in [0.1, 0.15) is 5.56 Å². The first kappa shape index (κ1) is 14.3. The van der Waals surface area contributed by atoms with Crippen molar-refractivity contribution in [2.75, 3.05) is 26.9 Å². The van der Waals surface area contributed by atoms with Crippen molar-refractivity contribution >= 4 is 5.97 Å². The quantitative estimate of drug-likeness (QED) is 0.720. The van der Waals surface area contributed by atoms with Crippen LogP contribution >= 0.6 is 0 Å². The molecule has 0 aliphatic rings. The average Bonchev–Trinajstić information content (AvgIpc) is 2.36. The third-order valence-corrected chi connectivity index (χ3v) is 2.25. The Morgan fingerprint density at radius 1 is 1.28 bits per heavy atom. The van der Waals surface area contributed by atoms with Crippen LogP contribution in [0.4, 0.5) is 0 Å². The predicted octanol–water partition coefficient (Wildman–Crippen LogP) is 2.20. The maximum atomic E-state index is 11.1. The zero-order chi connectivity index (χ0) is 13.4. The molecule has 100 valence electrons. The molecule has 18 heavy (non-hydrogen) atoms. The summed E-state index contributed by atoms with van der Waals surface area (Å²) in [5.74, 6) is -0.295. The van der Waals surface area contributed by atoms with Crippen molar-refractivity contribution in [2.45, 2.75) is 13.3 Å². The number of carbonyl (C=O) groups is 1. The normalized spacial score (nSPS) is 10.1. The fourth-order valence-corrected chi connectivity index (χ4v) is 1.48. The summed E-state index contributed by atoms with van der Waals surface area (Å²) in [6, 6.07) is 4.83. The molecule has 0 amide bonds. The summed E-state index contributed by atoms with van der Waals surface area (Å²) in [4.78, 5) is 11.1. The fraction of sp³-hybridized carbons (Fsp3) is 0.462. The number of hydrogen-bond donors (Lipinski definition) is 1. The molecule has 0 bridgehead atoms. The Morgan fingerprint density at radius 3 is 2.67 bits per heavy atom. The van der Waals surface area contributed by atoms with Crippen LogP contribution < -0.4 is 9.47 Å². The zero-order valence-electron chi connectivity index (χ0n) is 10.6. The highest BCUT2D eigenvalue weighted by Crippen LogP contribution is 2.31. The van der Waals surface area contributed by atoms with Gasteiger partial charge in [-0.25, -0.2) is 4.79 Å². The molecule has 0 saturated carbocycles. The summed E-state index contributed by atoms with van der Waals surface area (Å²) >= 11 is 0. The number of aromatic carboxylic acids is 1. The van der Waals surface area contributed by atoms with Gasteiger partial charge in [0, 0.05) is 20.1 Å². The molecule has 0 unspecified atom stereocenters. The van der Waals surface area contributed by atoms with Gasteiger partial charge in [-0.15, -0.1) is 0 Å². The lowest BCUT2D eigenvalue weighted by Crippen LogP contribution is -2.08. The summed E-state index contributed by atoms with van der Waals surface area (Å²) in [6.45, 7) is 3.25. The van der Waals surface area contributed by atoms with Gasteiger partial charge in [-0.1, -0.05) is 6.07 Å². The largest absolute Gasteiger partial charge is 0.490 e. The molecule has 0 aliphatic heterocycles. The summed E-state index contributed by atoms with van der Waals surface area (Å²) in [5, 5.41) is 9.10. The van der Waals surface area contributed by atoms with Gasteiger partial charge in [0.15, 0.2) is 11.5 Å². The number of rotatable bonds is 8. The van der Waals surface area contributed by atoms with Gasteiger partial charge in [0.25, 0.3) is 0 Å². The predicted molar refractivity (Wildman–Crippen MR) is 66.6 cm³/mol. The van der Waals surface area contributed by atoms with E-state index in [0.717, 1.165) is 0 Å². The number of carboxylic acids is 1. The van der Waals surface area contributed by atoms with Crippen molar-refractivity contribution in [3.8, 4) is 11.5 Å². The topological polar surface area (TPSA) is 65.0 Å². The molecule has 0 fully saturated rings. The van der Waals surface area contributed by atoms with Crippen LogP contribution in [0.1, 0.15) is 23.7 Å². The molecule has 1 N–H and O–H groups in total. The number of ether oxygens (including phenoxy) is 3. The van der Waals surface area contributed by atoms with Gasteiger partial charge in [-0.05, 0) is 19.1 Å². The van der Waals surface area contributed by atoms with Gasteiger partial charge in [0.2, 0.25) is 0 Å². The van der Waals surface area contributed by atoms with Crippen LogP contribution in [0.3, 0.4) is 0 Å². The third kappa shape index (κ3) is 3.92. The highest BCUT2D eigenvalue weighted by atomic mass is 16.5. The van der Waals surface area contributed by atoms with Crippen LogP contribution in [0.15, 0.2) is 18.2 Å². The highest BCUT2D eigenvalue weighted by Gasteiger charge is 2.16. The van der Waals surface area contributed by atoms with Crippen molar-refractivity contribution in [3.63, 3.8) is 0 Å². The van der Waals surface area contributed by atoms with Crippen LogP contribution in [0, 0.1) is 0 Å². The molecule has 0 radical (unpaired) electrons. The maximum Gasteiger partial charge on any atom is 0.339 e. The minimum Gasteiger partial charge on any atom is -0.490 e. The number of carboxylic acid groups (broad SMARTS) is 1. The molecule has 0 spiro atoms. The van der Waals surface area contributed by atoms with Crippen molar-refractivity contribution in [3.05, 3.63) is 23.8 Å². The van der Waals surface area contributed by atoms with E-state index in [1.165, 1.54) is 6.07 Å². The molecule has 0 aromatic heterocycles. The molecule has 0 saturated heterocycles. The second-order valence-electron chi connectivity index (χ2n) is 3.57. The van der Waals surface area contributed by atoms with Gasteiger partial charge in [-0.2, -0.15) is 0 Å². The fourth-order valence-electron chi connectivity index (χ4n) is 1.48. The lowest BCUT2D eigenvalue weighted by Gasteiger charge is -2.13. The first-order valence-electron chi connectivity index (χ1n) is 5.81. The summed E-state index contributed by atoms with van der Waals surface area (Å²) in [6.07, 6.45) is 0.690. The Labute approximate surface area is 106 Å². The van der Waals surface area contributed by atoms with E-state index in [2.05, 4.69) is 0 Å². The molecule has 0 atom stereocenters. The second-order valence-corrected chi connectivity index (χ2v) is 3.57. The molecule has 0 heterocycles. The minimum absolute atomic E-state index is 0.110. The highest BCUT2D eigenvalue weighted by molar-refractivity contribution is 5.92. The van der Waals surface area contributed by atoms with Crippen LogP contribution in [-0.2, 0) is 4.74 Å². The molecular formula is C13H18O5. The standard InChI is InChI=1S/C13H18O5/c1-3-17-11-7-4-6-10(13(14)15)12(11)18-9-5-8-16-2/h4,6-7H,3,5,8-9H2,1-2H3,(H,14,15). The smallest absolute Gasteiger partial charge is 0.339 e. The molecule has 1 rings (SSSR count). The Kier molecular flexibility index (Phi) is 6.00. The molecule has 5 heteroatoms. The zero-order valence-corrected chi connectivity index (χ0v) is 10.6. The van der Waals surface area contributed by atoms with Gasteiger partial charge >= 0.3 is 5.97 Å². The third-order valence-electron chi connectivity index (χ3n) is 2.25. The van der Waals surface area contributed by atoms with E-state index in [0.29, 0.717) is 32.0 Å². The van der Waals surface area contributed by atoms with Gasteiger partial charge in [0.05, 0.1) is 13.2 Å². The van der Waals surface area contributed by atoms with Crippen molar-refractivity contribution in [1.29, 1.82) is 0 Å². The lowest BCUT2D eigenvalue weighted by atomic mass is 10.2. The molecule has 1 aromatic rings. The van der Waals surface area contributed by atoms with Crippen molar-refractivity contribution in [1.82, 2.24) is 0 Å². The number of hydrogen-bond acceptors (Lipinski definition) is 4. The first-order valence-corrected chi connectivity index (χ1v) is 5.81.